The minimum Gasteiger partial charge on any atom is -0.374 e. The van der Waals surface area contributed by atoms with Crippen molar-refractivity contribution >= 4 is 34.6 Å². The summed E-state index contributed by atoms with van der Waals surface area (Å²) in [5.74, 6) is -0.428. The maximum Gasteiger partial charge on any atom is 0.301 e. The second-order valence-corrected chi connectivity index (χ2v) is 5.33. The van der Waals surface area contributed by atoms with Gasteiger partial charge in [-0.15, -0.1) is 0 Å². The van der Waals surface area contributed by atoms with Crippen LogP contribution in [0.1, 0.15) is 16.7 Å². The zero-order valence-electron chi connectivity index (χ0n) is 12.2. The Morgan fingerprint density at radius 2 is 1.95 bits per heavy atom. The van der Waals surface area contributed by atoms with Gasteiger partial charge in [-0.3, -0.25) is 15.6 Å². The molecule has 0 bridgehead atoms. The number of hydrogen-bond donors (Lipinski definition) is 3. The summed E-state index contributed by atoms with van der Waals surface area (Å²) in [6, 6.07) is 4.08. The van der Waals surface area contributed by atoms with E-state index < -0.39 is 5.91 Å². The number of anilines is 1. The molecule has 0 aromatic heterocycles. The van der Waals surface area contributed by atoms with Gasteiger partial charge in [-0.25, -0.2) is 0 Å². The minimum absolute atomic E-state index is 0.0750. The predicted molar refractivity (Wildman–Crippen MR) is 87.6 cm³/mol. The average molecular weight is 303 g/mol. The number of benzene rings is 1. The van der Waals surface area contributed by atoms with Gasteiger partial charge in [-0.1, -0.05) is 24.3 Å². The maximum atomic E-state index is 12.1. The molecule has 1 aromatic carbocycles. The van der Waals surface area contributed by atoms with E-state index in [0.717, 1.165) is 21.8 Å². The van der Waals surface area contributed by atoms with Gasteiger partial charge in [0.05, 0.1) is 11.4 Å². The van der Waals surface area contributed by atoms with Crippen LogP contribution in [0.3, 0.4) is 0 Å². The van der Waals surface area contributed by atoms with Crippen molar-refractivity contribution in [3.8, 4) is 0 Å². The Bertz CT molecular complexity index is 657. The summed E-state index contributed by atoms with van der Waals surface area (Å²) < 4.78 is 0. The highest BCUT2D eigenvalue weighted by atomic mass is 32.1. The van der Waals surface area contributed by atoms with Crippen LogP contribution in [0.5, 0.6) is 0 Å². The lowest BCUT2D eigenvalue weighted by molar-refractivity contribution is -0.120. The number of carbonyl (C=O) groups excluding carboxylic acids is 1. The Morgan fingerprint density at radius 1 is 1.38 bits per heavy atom. The Hall–Kier alpha value is -2.41. The molecule has 110 valence electrons. The maximum absolute atomic E-state index is 12.1. The molecular weight excluding hydrogens is 286 g/mol. The summed E-state index contributed by atoms with van der Waals surface area (Å²) in [7, 11) is 0. The molecule has 1 fully saturated rings. The van der Waals surface area contributed by atoms with Crippen LogP contribution in [0, 0.1) is 20.8 Å². The third-order valence-corrected chi connectivity index (χ3v) is 3.30. The van der Waals surface area contributed by atoms with Gasteiger partial charge >= 0.3 is 5.91 Å². The topological polar surface area (TPSA) is 82.8 Å². The minimum atomic E-state index is -0.428. The van der Waals surface area contributed by atoms with Crippen molar-refractivity contribution in [2.24, 2.45) is 10.8 Å². The lowest BCUT2D eigenvalue weighted by Gasteiger charge is -2.11. The smallest absolute Gasteiger partial charge is 0.301 e. The first-order chi connectivity index (χ1) is 9.81. The number of hydrazine groups is 1. The first kappa shape index (κ1) is 15.0. The number of thiocarbonyl (C=S) groups is 1. The second kappa shape index (κ2) is 5.53. The molecule has 0 aliphatic carbocycles. The summed E-state index contributed by atoms with van der Waals surface area (Å²) in [5.41, 5.74) is 15.7. The number of carbonyl (C=O) groups is 1. The highest BCUT2D eigenvalue weighted by molar-refractivity contribution is 7.80. The Labute approximate surface area is 128 Å². The summed E-state index contributed by atoms with van der Waals surface area (Å²) in [6.07, 6.45) is 0. The van der Waals surface area contributed by atoms with E-state index in [4.69, 9.17) is 18.0 Å². The van der Waals surface area contributed by atoms with Crippen LogP contribution in [-0.4, -0.2) is 21.7 Å². The van der Waals surface area contributed by atoms with Gasteiger partial charge in [0.2, 0.25) is 0 Å². The third kappa shape index (κ3) is 2.87. The molecular formula is C14H17N5OS. The van der Waals surface area contributed by atoms with E-state index in [1.54, 1.807) is 0 Å². The molecule has 2 rings (SSSR count). The van der Waals surface area contributed by atoms with Crippen LogP contribution in [-0.2, 0) is 4.79 Å². The van der Waals surface area contributed by atoms with Gasteiger partial charge in [0, 0.05) is 0 Å². The van der Waals surface area contributed by atoms with Gasteiger partial charge in [0.1, 0.15) is 0 Å². The van der Waals surface area contributed by atoms with E-state index in [2.05, 4.69) is 22.5 Å². The van der Waals surface area contributed by atoms with Crippen LogP contribution in [0.4, 0.5) is 5.69 Å². The summed E-state index contributed by atoms with van der Waals surface area (Å²) in [6.45, 7) is 9.72. The van der Waals surface area contributed by atoms with Gasteiger partial charge in [0.15, 0.2) is 10.8 Å². The van der Waals surface area contributed by atoms with E-state index in [9.17, 15) is 4.79 Å². The number of nitrogens with two attached hydrogens (primary N) is 1. The Kier molecular flexibility index (Phi) is 3.95. The van der Waals surface area contributed by atoms with Crippen LogP contribution >= 0.6 is 12.2 Å². The monoisotopic (exact) mass is 303 g/mol. The van der Waals surface area contributed by atoms with Crippen molar-refractivity contribution in [3.63, 3.8) is 0 Å². The zero-order valence-corrected chi connectivity index (χ0v) is 13.0. The third-order valence-electron chi connectivity index (χ3n) is 3.12. The fourth-order valence-corrected chi connectivity index (χ4v) is 2.34. The van der Waals surface area contributed by atoms with E-state index in [-0.39, 0.29) is 10.8 Å². The normalized spacial score (nSPS) is 16.3. The fraction of sp³-hybridized carbons (Fsp3) is 0.214. The van der Waals surface area contributed by atoms with Crippen LogP contribution in [0.25, 0.3) is 0 Å². The summed E-state index contributed by atoms with van der Waals surface area (Å²) in [5, 5.41) is 5.10. The summed E-state index contributed by atoms with van der Waals surface area (Å²) in [4.78, 5) is 12.1. The largest absolute Gasteiger partial charge is 0.374 e. The van der Waals surface area contributed by atoms with E-state index in [0.29, 0.717) is 5.70 Å². The van der Waals surface area contributed by atoms with Gasteiger partial charge < -0.3 is 5.73 Å². The molecule has 0 atom stereocenters. The van der Waals surface area contributed by atoms with Gasteiger partial charge in [-0.05, 0) is 44.1 Å². The molecule has 1 saturated heterocycles. The molecule has 0 spiro atoms. The number of amides is 1. The van der Waals surface area contributed by atoms with Crippen molar-refractivity contribution in [2.75, 3.05) is 5.43 Å². The molecule has 0 saturated carbocycles. The van der Waals surface area contributed by atoms with Crippen LogP contribution in [0.15, 0.2) is 29.5 Å². The lowest BCUT2D eigenvalue weighted by Crippen LogP contribution is -2.43. The Morgan fingerprint density at radius 3 is 2.43 bits per heavy atom. The first-order valence-electron chi connectivity index (χ1n) is 6.32. The van der Waals surface area contributed by atoms with Crippen molar-refractivity contribution < 1.29 is 4.79 Å². The number of nitrogens with zero attached hydrogens (tertiary/aromatic N) is 2. The van der Waals surface area contributed by atoms with Crippen molar-refractivity contribution in [1.29, 1.82) is 0 Å². The van der Waals surface area contributed by atoms with Crippen LogP contribution < -0.4 is 16.6 Å². The fourth-order valence-electron chi connectivity index (χ4n) is 2.21. The SMILES string of the molecule is C=C1NN(C(N)=S)C(=O)/C1=N/Nc1c(C)cc(C)cc1C. The lowest BCUT2D eigenvalue weighted by atomic mass is 10.1. The molecule has 1 aliphatic rings. The molecule has 6 nitrogen and oxygen atoms in total. The molecule has 4 N–H and O–H groups in total. The number of hydrazone groups is 1. The average Bonchev–Trinajstić information content (AvgIpc) is 2.64. The van der Waals surface area contributed by atoms with E-state index in [1.807, 2.05) is 32.9 Å². The number of nitrogens with one attached hydrogen (secondary N) is 2. The highest BCUT2D eigenvalue weighted by Crippen LogP contribution is 2.22. The van der Waals surface area contributed by atoms with Gasteiger partial charge in [0.25, 0.3) is 0 Å². The van der Waals surface area contributed by atoms with Crippen molar-refractivity contribution in [2.45, 2.75) is 20.8 Å². The van der Waals surface area contributed by atoms with Crippen molar-refractivity contribution in [1.82, 2.24) is 10.4 Å². The molecule has 0 unspecified atom stereocenters. The molecule has 1 aromatic rings. The molecule has 7 heteroatoms. The molecule has 1 aliphatic heterocycles. The van der Waals surface area contributed by atoms with Crippen LogP contribution in [0.2, 0.25) is 0 Å². The number of aryl methyl sites for hydroxylation is 3. The standard InChI is InChI=1S/C14H17N5OS/c1-7-5-8(2)11(9(3)6-7)16-17-12-10(4)18-19(13(12)20)14(15)21/h5-6,16,18H,4H2,1-3H3,(H2,15,21)/b17-12+. The van der Waals surface area contributed by atoms with E-state index >= 15 is 0 Å². The second-order valence-electron chi connectivity index (χ2n) is 4.92. The molecule has 0 radical (unpaired) electrons. The van der Waals surface area contributed by atoms with E-state index in [1.165, 1.54) is 5.56 Å². The number of hydrogen-bond acceptors (Lipinski definition) is 5. The van der Waals surface area contributed by atoms with Gasteiger partial charge in [-0.2, -0.15) is 10.1 Å². The molecule has 21 heavy (non-hydrogen) atoms. The molecule has 1 heterocycles. The first-order valence-corrected chi connectivity index (χ1v) is 6.73. The quantitative estimate of drug-likeness (QED) is 0.569. The molecule has 1 amide bonds. The highest BCUT2D eigenvalue weighted by Gasteiger charge is 2.32. The Balaban J connectivity index is 2.28. The number of rotatable bonds is 2. The van der Waals surface area contributed by atoms with Crippen molar-refractivity contribution in [3.05, 3.63) is 41.1 Å². The zero-order chi connectivity index (χ0) is 15.7. The summed E-state index contributed by atoms with van der Waals surface area (Å²) >= 11 is 4.78. The predicted octanol–water partition coefficient (Wildman–Crippen LogP) is 1.48.